The number of urea groups is 1. The SMILES string of the molecule is CC1(c2ccc([N+](=O)[O-])cc2)NC(=O)N(CC(=O)c2ccc3c(c2)CCC3)C1=O. The van der Waals surface area contributed by atoms with Gasteiger partial charge in [-0.3, -0.25) is 24.6 Å². The zero-order chi connectivity index (χ0) is 20.8. The van der Waals surface area contributed by atoms with Crippen LogP contribution in [0.4, 0.5) is 10.5 Å². The summed E-state index contributed by atoms with van der Waals surface area (Å²) < 4.78 is 0. The predicted octanol–water partition coefficient (Wildman–Crippen LogP) is 2.73. The molecule has 1 aliphatic carbocycles. The molecule has 4 rings (SSSR count). The van der Waals surface area contributed by atoms with E-state index in [-0.39, 0.29) is 18.0 Å². The maximum atomic E-state index is 13.0. The maximum absolute atomic E-state index is 13.0. The van der Waals surface area contributed by atoms with Gasteiger partial charge in [-0.1, -0.05) is 12.1 Å². The van der Waals surface area contributed by atoms with Gasteiger partial charge in [0.25, 0.3) is 11.6 Å². The molecule has 3 amide bonds. The van der Waals surface area contributed by atoms with E-state index in [2.05, 4.69) is 5.32 Å². The van der Waals surface area contributed by atoms with E-state index in [1.165, 1.54) is 36.8 Å². The second-order valence-electron chi connectivity index (χ2n) is 7.51. The Balaban J connectivity index is 1.54. The van der Waals surface area contributed by atoms with Crippen molar-refractivity contribution in [2.45, 2.75) is 31.7 Å². The zero-order valence-electron chi connectivity index (χ0n) is 15.8. The summed E-state index contributed by atoms with van der Waals surface area (Å²) in [6.07, 6.45) is 3.00. The third-order valence-corrected chi connectivity index (χ3v) is 5.65. The van der Waals surface area contributed by atoms with Crippen LogP contribution in [-0.4, -0.2) is 34.1 Å². The first kappa shape index (κ1) is 18.8. The largest absolute Gasteiger partial charge is 0.325 e. The molecule has 1 fully saturated rings. The van der Waals surface area contributed by atoms with Crippen LogP contribution < -0.4 is 5.32 Å². The van der Waals surface area contributed by atoms with Crippen LogP contribution in [0.3, 0.4) is 0 Å². The summed E-state index contributed by atoms with van der Waals surface area (Å²) in [5.41, 5.74) is 1.78. The molecule has 1 atom stereocenters. The molecule has 1 N–H and O–H groups in total. The Kier molecular flexibility index (Phi) is 4.41. The minimum absolute atomic E-state index is 0.113. The number of carbonyl (C=O) groups is 3. The molecule has 2 aromatic rings. The molecule has 2 aliphatic rings. The molecule has 0 spiro atoms. The molecule has 148 valence electrons. The monoisotopic (exact) mass is 393 g/mol. The van der Waals surface area contributed by atoms with Crippen molar-refractivity contribution in [3.05, 3.63) is 74.8 Å². The Morgan fingerprint density at radius 2 is 1.83 bits per heavy atom. The number of nitrogens with one attached hydrogen (secondary N) is 1. The fourth-order valence-corrected chi connectivity index (χ4v) is 3.93. The van der Waals surface area contributed by atoms with Crippen LogP contribution in [0.15, 0.2) is 42.5 Å². The minimum Gasteiger partial charge on any atom is -0.319 e. The second kappa shape index (κ2) is 6.80. The van der Waals surface area contributed by atoms with Crippen LogP contribution in [0, 0.1) is 10.1 Å². The van der Waals surface area contributed by atoms with Crippen LogP contribution in [0.2, 0.25) is 0 Å². The van der Waals surface area contributed by atoms with Crippen LogP contribution >= 0.6 is 0 Å². The molecule has 8 nitrogen and oxygen atoms in total. The molecule has 29 heavy (non-hydrogen) atoms. The van der Waals surface area contributed by atoms with E-state index in [1.807, 2.05) is 12.1 Å². The number of nitro groups is 1. The number of nitro benzene ring substituents is 1. The molecule has 1 unspecified atom stereocenters. The summed E-state index contributed by atoms with van der Waals surface area (Å²) in [5.74, 6) is -0.873. The average molecular weight is 393 g/mol. The number of rotatable bonds is 5. The number of carbonyl (C=O) groups excluding carboxylic acids is 3. The lowest BCUT2D eigenvalue weighted by Gasteiger charge is -2.22. The third kappa shape index (κ3) is 3.16. The predicted molar refractivity (Wildman–Crippen MR) is 103 cm³/mol. The summed E-state index contributed by atoms with van der Waals surface area (Å²) >= 11 is 0. The topological polar surface area (TPSA) is 110 Å². The third-order valence-electron chi connectivity index (χ3n) is 5.65. The lowest BCUT2D eigenvalue weighted by Crippen LogP contribution is -2.41. The molecule has 1 saturated heterocycles. The summed E-state index contributed by atoms with van der Waals surface area (Å²) in [6.45, 7) is 1.17. The van der Waals surface area contributed by atoms with Gasteiger partial charge in [0.05, 0.1) is 11.5 Å². The van der Waals surface area contributed by atoms with Crippen LogP contribution in [0.5, 0.6) is 0 Å². The van der Waals surface area contributed by atoms with Crippen LogP contribution in [-0.2, 0) is 23.2 Å². The van der Waals surface area contributed by atoms with E-state index in [0.717, 1.165) is 29.7 Å². The highest BCUT2D eigenvalue weighted by Crippen LogP contribution is 2.30. The number of hydrogen-bond acceptors (Lipinski definition) is 5. The highest BCUT2D eigenvalue weighted by molar-refractivity contribution is 6.11. The van der Waals surface area contributed by atoms with E-state index < -0.39 is 22.4 Å². The number of benzene rings is 2. The normalized spacial score (nSPS) is 20.5. The lowest BCUT2D eigenvalue weighted by molar-refractivity contribution is -0.384. The zero-order valence-corrected chi connectivity index (χ0v) is 15.8. The molecule has 0 saturated carbocycles. The highest BCUT2D eigenvalue weighted by Gasteiger charge is 2.49. The first-order valence-corrected chi connectivity index (χ1v) is 9.33. The molecule has 8 heteroatoms. The number of hydrogen-bond donors (Lipinski definition) is 1. The summed E-state index contributed by atoms with van der Waals surface area (Å²) in [4.78, 5) is 49.3. The second-order valence-corrected chi connectivity index (χ2v) is 7.51. The Bertz CT molecular complexity index is 1050. The highest BCUT2D eigenvalue weighted by atomic mass is 16.6. The van der Waals surface area contributed by atoms with Gasteiger partial charge < -0.3 is 5.32 Å². The average Bonchev–Trinajstić information content (AvgIpc) is 3.26. The van der Waals surface area contributed by atoms with Crippen molar-refractivity contribution in [2.24, 2.45) is 0 Å². The van der Waals surface area contributed by atoms with Gasteiger partial charge in [0.2, 0.25) is 0 Å². The van der Waals surface area contributed by atoms with Gasteiger partial charge in [0.15, 0.2) is 5.78 Å². The molecule has 1 heterocycles. The van der Waals surface area contributed by atoms with Gasteiger partial charge in [-0.05, 0) is 61.1 Å². The van der Waals surface area contributed by atoms with Crippen LogP contribution in [0.1, 0.15) is 40.4 Å². The Morgan fingerprint density at radius 3 is 2.52 bits per heavy atom. The Labute approximate surface area is 166 Å². The first-order chi connectivity index (χ1) is 13.8. The number of imide groups is 1. The van der Waals surface area contributed by atoms with Crippen molar-refractivity contribution < 1.29 is 19.3 Å². The standard InChI is InChI=1S/C21H19N3O5/c1-21(16-7-9-17(10-8-16)24(28)29)19(26)23(20(27)22-21)12-18(25)15-6-5-13-3-2-4-14(13)11-15/h5-11H,2-4,12H2,1H3,(H,22,27). The molecule has 2 aromatic carbocycles. The number of Topliss-reactive ketones (excluding diaryl/α,β-unsaturated/α-hetero) is 1. The minimum atomic E-state index is -1.38. The van der Waals surface area contributed by atoms with Crippen molar-refractivity contribution in [3.63, 3.8) is 0 Å². The smallest absolute Gasteiger partial charge is 0.319 e. The van der Waals surface area contributed by atoms with Crippen molar-refractivity contribution in [1.29, 1.82) is 0 Å². The Morgan fingerprint density at radius 1 is 1.14 bits per heavy atom. The van der Waals surface area contributed by atoms with Gasteiger partial charge in [-0.15, -0.1) is 0 Å². The first-order valence-electron chi connectivity index (χ1n) is 9.33. The molecule has 0 radical (unpaired) electrons. The number of nitrogens with zero attached hydrogens (tertiary/aromatic N) is 2. The van der Waals surface area contributed by atoms with E-state index in [0.29, 0.717) is 11.1 Å². The van der Waals surface area contributed by atoms with Gasteiger partial charge in [0, 0.05) is 17.7 Å². The molecule has 1 aliphatic heterocycles. The molecular formula is C21H19N3O5. The van der Waals surface area contributed by atoms with Crippen molar-refractivity contribution >= 4 is 23.4 Å². The summed E-state index contributed by atoms with van der Waals surface area (Å²) in [6, 6.07) is 10.3. The fraction of sp³-hybridized carbons (Fsp3) is 0.286. The van der Waals surface area contributed by atoms with Crippen molar-refractivity contribution in [3.8, 4) is 0 Å². The van der Waals surface area contributed by atoms with Crippen molar-refractivity contribution in [2.75, 3.05) is 6.54 Å². The lowest BCUT2D eigenvalue weighted by atomic mass is 9.92. The molecule has 0 aromatic heterocycles. The van der Waals surface area contributed by atoms with Gasteiger partial charge in [-0.2, -0.15) is 0 Å². The quantitative estimate of drug-likeness (QED) is 0.364. The summed E-state index contributed by atoms with van der Waals surface area (Å²) in [5, 5.41) is 13.4. The molecular weight excluding hydrogens is 374 g/mol. The van der Waals surface area contributed by atoms with E-state index in [1.54, 1.807) is 6.07 Å². The number of non-ortho nitro benzene ring substituents is 1. The maximum Gasteiger partial charge on any atom is 0.325 e. The number of aryl methyl sites for hydroxylation is 2. The van der Waals surface area contributed by atoms with E-state index in [9.17, 15) is 24.5 Å². The van der Waals surface area contributed by atoms with Gasteiger partial charge in [0.1, 0.15) is 5.54 Å². The van der Waals surface area contributed by atoms with Gasteiger partial charge in [-0.25, -0.2) is 4.79 Å². The number of fused-ring (bicyclic) bond motifs is 1. The molecule has 0 bridgehead atoms. The van der Waals surface area contributed by atoms with Crippen LogP contribution in [0.25, 0.3) is 0 Å². The Hall–Kier alpha value is -3.55. The number of amides is 3. The summed E-state index contributed by atoms with van der Waals surface area (Å²) in [7, 11) is 0. The number of ketones is 1. The van der Waals surface area contributed by atoms with E-state index >= 15 is 0 Å². The van der Waals surface area contributed by atoms with Crippen molar-refractivity contribution in [1.82, 2.24) is 10.2 Å². The fourth-order valence-electron chi connectivity index (χ4n) is 3.93. The van der Waals surface area contributed by atoms with E-state index in [4.69, 9.17) is 0 Å². The van der Waals surface area contributed by atoms with Gasteiger partial charge >= 0.3 is 6.03 Å².